The van der Waals surface area contributed by atoms with Crippen LogP contribution in [0.5, 0.6) is 5.75 Å². The molecule has 2 rings (SSSR count). The summed E-state index contributed by atoms with van der Waals surface area (Å²) in [6.07, 6.45) is -0.0236. The monoisotopic (exact) mass is 333 g/mol. The number of ether oxygens (including phenoxy) is 1. The Labute approximate surface area is 144 Å². The van der Waals surface area contributed by atoms with Crippen molar-refractivity contribution in [3.05, 3.63) is 24.3 Å². The first-order valence-electron chi connectivity index (χ1n) is 8.53. The van der Waals surface area contributed by atoms with Gasteiger partial charge in [-0.1, -0.05) is 0 Å². The summed E-state index contributed by atoms with van der Waals surface area (Å²) in [6.45, 7) is 8.00. The summed E-state index contributed by atoms with van der Waals surface area (Å²) in [7, 11) is 1.65. The van der Waals surface area contributed by atoms with Crippen molar-refractivity contribution in [2.45, 2.75) is 20.3 Å². The first-order valence-corrected chi connectivity index (χ1v) is 8.53. The zero-order valence-corrected chi connectivity index (χ0v) is 14.8. The molecule has 1 aromatic carbocycles. The van der Waals surface area contributed by atoms with Crippen molar-refractivity contribution in [3.8, 4) is 5.75 Å². The highest BCUT2D eigenvalue weighted by atomic mass is 16.5. The van der Waals surface area contributed by atoms with E-state index >= 15 is 0 Å². The Bertz CT molecular complexity index is 547. The maximum absolute atomic E-state index is 12.3. The lowest BCUT2D eigenvalue weighted by Crippen LogP contribution is -2.49. The van der Waals surface area contributed by atoms with Gasteiger partial charge in [0.1, 0.15) is 12.2 Å². The Morgan fingerprint density at radius 3 is 2.12 bits per heavy atom. The van der Waals surface area contributed by atoms with Crippen LogP contribution >= 0.6 is 0 Å². The fourth-order valence-electron chi connectivity index (χ4n) is 2.94. The van der Waals surface area contributed by atoms with E-state index in [4.69, 9.17) is 4.74 Å². The van der Waals surface area contributed by atoms with Gasteiger partial charge < -0.3 is 19.4 Å². The molecule has 0 spiro atoms. The predicted molar refractivity (Wildman–Crippen MR) is 94.3 cm³/mol. The van der Waals surface area contributed by atoms with Crippen LogP contribution in [0.3, 0.4) is 0 Å². The molecule has 0 saturated carbocycles. The second-order valence-corrected chi connectivity index (χ2v) is 5.81. The van der Waals surface area contributed by atoms with Crippen LogP contribution in [0.25, 0.3) is 0 Å². The van der Waals surface area contributed by atoms with Crippen molar-refractivity contribution in [3.63, 3.8) is 0 Å². The molecule has 1 aliphatic heterocycles. The Hall–Kier alpha value is -2.24. The first kappa shape index (κ1) is 18.1. The molecule has 1 fully saturated rings. The summed E-state index contributed by atoms with van der Waals surface area (Å²) in [5.41, 5.74) is 1.13. The van der Waals surface area contributed by atoms with E-state index in [2.05, 4.69) is 4.90 Å². The molecule has 1 aromatic rings. The number of anilines is 1. The average molecular weight is 333 g/mol. The molecule has 6 heteroatoms. The number of hydrogen-bond acceptors (Lipinski definition) is 4. The summed E-state index contributed by atoms with van der Waals surface area (Å²) >= 11 is 0. The van der Waals surface area contributed by atoms with E-state index in [1.165, 1.54) is 0 Å². The van der Waals surface area contributed by atoms with Crippen LogP contribution in [0.1, 0.15) is 20.3 Å². The van der Waals surface area contributed by atoms with Gasteiger partial charge in [-0.05, 0) is 38.1 Å². The molecule has 24 heavy (non-hydrogen) atoms. The van der Waals surface area contributed by atoms with Gasteiger partial charge in [-0.25, -0.2) is 0 Å². The van der Waals surface area contributed by atoms with Crippen LogP contribution in [0.2, 0.25) is 0 Å². The van der Waals surface area contributed by atoms with Gasteiger partial charge in [0.05, 0.1) is 7.11 Å². The molecule has 0 bridgehead atoms. The van der Waals surface area contributed by atoms with E-state index in [1.807, 2.05) is 38.1 Å². The third-order valence-electron chi connectivity index (χ3n) is 4.49. The molecule has 0 atom stereocenters. The Morgan fingerprint density at radius 2 is 1.62 bits per heavy atom. The van der Waals surface area contributed by atoms with Gasteiger partial charge in [0.25, 0.3) is 0 Å². The van der Waals surface area contributed by atoms with Gasteiger partial charge in [-0.15, -0.1) is 0 Å². The second-order valence-electron chi connectivity index (χ2n) is 5.81. The van der Waals surface area contributed by atoms with Gasteiger partial charge in [0, 0.05) is 45.0 Å². The normalized spacial score (nSPS) is 14.5. The minimum Gasteiger partial charge on any atom is -0.497 e. The minimum absolute atomic E-state index is 0.0236. The number of rotatable bonds is 6. The minimum atomic E-state index is -0.0809. The Kier molecular flexibility index (Phi) is 6.46. The standard InChI is InChI=1S/C18H27N3O3/c1-4-19(5-2)17(22)14-18(23)21-12-10-20(11-13-21)15-6-8-16(24-3)9-7-15/h6-9H,4-5,10-14H2,1-3H3. The van der Waals surface area contributed by atoms with Crippen LogP contribution in [-0.2, 0) is 9.59 Å². The maximum atomic E-state index is 12.3. The largest absolute Gasteiger partial charge is 0.497 e. The molecule has 1 heterocycles. The molecule has 0 aliphatic carbocycles. The molecular weight excluding hydrogens is 306 g/mol. The molecule has 132 valence electrons. The third-order valence-corrected chi connectivity index (χ3v) is 4.49. The van der Waals surface area contributed by atoms with Crippen LogP contribution in [0, 0.1) is 0 Å². The summed E-state index contributed by atoms with van der Waals surface area (Å²) in [5.74, 6) is 0.686. The van der Waals surface area contributed by atoms with Crippen LogP contribution in [0.4, 0.5) is 5.69 Å². The topological polar surface area (TPSA) is 53.1 Å². The molecule has 0 unspecified atom stereocenters. The van der Waals surface area contributed by atoms with E-state index < -0.39 is 0 Å². The second kappa shape index (κ2) is 8.57. The van der Waals surface area contributed by atoms with Crippen LogP contribution in [0.15, 0.2) is 24.3 Å². The highest BCUT2D eigenvalue weighted by Gasteiger charge is 2.24. The predicted octanol–water partition coefficient (Wildman–Crippen LogP) is 1.60. The highest BCUT2D eigenvalue weighted by Crippen LogP contribution is 2.20. The molecule has 6 nitrogen and oxygen atoms in total. The number of benzene rings is 1. The number of carbonyl (C=O) groups is 2. The van der Waals surface area contributed by atoms with Gasteiger partial charge >= 0.3 is 0 Å². The SMILES string of the molecule is CCN(CC)C(=O)CC(=O)N1CCN(c2ccc(OC)cc2)CC1. The number of nitrogens with zero attached hydrogens (tertiary/aromatic N) is 3. The smallest absolute Gasteiger partial charge is 0.232 e. The summed E-state index contributed by atoms with van der Waals surface area (Å²) in [6, 6.07) is 7.94. The fourth-order valence-corrected chi connectivity index (χ4v) is 2.94. The average Bonchev–Trinajstić information content (AvgIpc) is 2.63. The summed E-state index contributed by atoms with van der Waals surface area (Å²) in [5, 5.41) is 0. The van der Waals surface area contributed by atoms with Crippen molar-refractivity contribution in [2.24, 2.45) is 0 Å². The molecule has 0 radical (unpaired) electrons. The van der Waals surface area contributed by atoms with Crippen LogP contribution < -0.4 is 9.64 Å². The quantitative estimate of drug-likeness (QED) is 0.742. The van der Waals surface area contributed by atoms with E-state index in [1.54, 1.807) is 16.9 Å². The lowest BCUT2D eigenvalue weighted by atomic mass is 10.2. The lowest BCUT2D eigenvalue weighted by Gasteiger charge is -2.36. The maximum Gasteiger partial charge on any atom is 0.232 e. The number of methoxy groups -OCH3 is 1. The molecular formula is C18H27N3O3. The molecule has 0 N–H and O–H groups in total. The number of hydrogen-bond donors (Lipinski definition) is 0. The summed E-state index contributed by atoms with van der Waals surface area (Å²) in [4.78, 5) is 30.1. The lowest BCUT2D eigenvalue weighted by molar-refractivity contribution is -0.140. The highest BCUT2D eigenvalue weighted by molar-refractivity contribution is 5.97. The van der Waals surface area contributed by atoms with Crippen molar-refractivity contribution in [2.75, 3.05) is 51.3 Å². The van der Waals surface area contributed by atoms with Gasteiger partial charge in [-0.3, -0.25) is 9.59 Å². The van der Waals surface area contributed by atoms with Crippen molar-refractivity contribution >= 4 is 17.5 Å². The number of amides is 2. The third kappa shape index (κ3) is 4.40. The molecule has 2 amide bonds. The van der Waals surface area contributed by atoms with E-state index in [9.17, 15) is 9.59 Å². The molecule has 0 aromatic heterocycles. The zero-order valence-electron chi connectivity index (χ0n) is 14.8. The van der Waals surface area contributed by atoms with E-state index in [-0.39, 0.29) is 18.2 Å². The molecule has 1 saturated heterocycles. The van der Waals surface area contributed by atoms with E-state index in [0.29, 0.717) is 26.2 Å². The Balaban J connectivity index is 1.85. The number of carbonyl (C=O) groups excluding carboxylic acids is 2. The summed E-state index contributed by atoms with van der Waals surface area (Å²) < 4.78 is 5.17. The van der Waals surface area contributed by atoms with Gasteiger partial charge in [-0.2, -0.15) is 0 Å². The zero-order chi connectivity index (χ0) is 17.5. The first-order chi connectivity index (χ1) is 11.6. The van der Waals surface area contributed by atoms with E-state index in [0.717, 1.165) is 24.5 Å². The van der Waals surface area contributed by atoms with Crippen molar-refractivity contribution < 1.29 is 14.3 Å². The van der Waals surface area contributed by atoms with Gasteiger partial charge in [0.2, 0.25) is 11.8 Å². The van der Waals surface area contributed by atoms with Crippen LogP contribution in [-0.4, -0.2) is 68.0 Å². The molecule has 1 aliphatic rings. The van der Waals surface area contributed by atoms with Crippen molar-refractivity contribution in [1.82, 2.24) is 9.80 Å². The Morgan fingerprint density at radius 1 is 1.04 bits per heavy atom. The number of piperazine rings is 1. The fraction of sp³-hybridized carbons (Fsp3) is 0.556. The van der Waals surface area contributed by atoms with Crippen molar-refractivity contribution in [1.29, 1.82) is 0 Å². The van der Waals surface area contributed by atoms with Gasteiger partial charge in [0.15, 0.2) is 0 Å².